The molecule has 25 heavy (non-hydrogen) atoms. The lowest BCUT2D eigenvalue weighted by Gasteiger charge is -2.27. The molecule has 0 amide bonds. The first-order valence-electron chi connectivity index (χ1n) is 9.08. The zero-order chi connectivity index (χ0) is 19.0. The van der Waals surface area contributed by atoms with Crippen molar-refractivity contribution in [3.8, 4) is 0 Å². The Labute approximate surface area is 156 Å². The number of rotatable bonds is 6. The average Bonchev–Trinajstić information content (AvgIpc) is 2.48. The highest BCUT2D eigenvalue weighted by Gasteiger charge is 2.30. The summed E-state index contributed by atoms with van der Waals surface area (Å²) in [5.74, 6) is 0.446. The molecule has 5 nitrogen and oxygen atoms in total. The SMILES string of the molecule is CC(C)N[C@H](CSC(=O)O[C@@H]1/C=C/CC[C@@H](O)CC1)C(=O)C(C)(C)C. The Morgan fingerprint density at radius 3 is 2.56 bits per heavy atom. The number of carbonyl (C=O) groups is 2. The number of Topliss-reactive ketones (excluding diaryl/α,β-unsaturated/α-hetero) is 1. The van der Waals surface area contributed by atoms with E-state index in [9.17, 15) is 14.7 Å². The van der Waals surface area contributed by atoms with Crippen molar-refractivity contribution in [3.05, 3.63) is 12.2 Å². The Bertz CT molecular complexity index is 471. The van der Waals surface area contributed by atoms with E-state index in [0.717, 1.165) is 24.6 Å². The molecule has 1 aliphatic rings. The number of aliphatic hydroxyl groups is 1. The van der Waals surface area contributed by atoms with Crippen molar-refractivity contribution in [1.82, 2.24) is 5.32 Å². The van der Waals surface area contributed by atoms with Gasteiger partial charge in [0.05, 0.1) is 12.1 Å². The molecule has 0 radical (unpaired) electrons. The van der Waals surface area contributed by atoms with Crippen molar-refractivity contribution in [3.63, 3.8) is 0 Å². The van der Waals surface area contributed by atoms with Crippen LogP contribution in [0.4, 0.5) is 4.79 Å². The summed E-state index contributed by atoms with van der Waals surface area (Å²) in [7, 11) is 0. The first kappa shape index (κ1) is 22.2. The highest BCUT2D eigenvalue weighted by Crippen LogP contribution is 2.22. The van der Waals surface area contributed by atoms with Gasteiger partial charge in [-0.1, -0.05) is 40.7 Å². The molecular weight excluding hydrogens is 338 g/mol. The second kappa shape index (κ2) is 10.3. The van der Waals surface area contributed by atoms with Crippen LogP contribution in [0, 0.1) is 5.41 Å². The van der Waals surface area contributed by atoms with Crippen molar-refractivity contribution in [2.24, 2.45) is 5.41 Å². The largest absolute Gasteiger partial charge is 0.450 e. The summed E-state index contributed by atoms with van der Waals surface area (Å²) >= 11 is 1.04. The number of allylic oxidation sites excluding steroid dienone is 1. The van der Waals surface area contributed by atoms with Crippen molar-refractivity contribution in [2.75, 3.05) is 5.75 Å². The van der Waals surface area contributed by atoms with Gasteiger partial charge in [-0.3, -0.25) is 4.79 Å². The molecule has 2 N–H and O–H groups in total. The highest BCUT2D eigenvalue weighted by molar-refractivity contribution is 8.13. The van der Waals surface area contributed by atoms with Crippen LogP contribution >= 0.6 is 11.8 Å². The van der Waals surface area contributed by atoms with Gasteiger partial charge in [0.25, 0.3) is 0 Å². The van der Waals surface area contributed by atoms with E-state index in [0.29, 0.717) is 18.6 Å². The van der Waals surface area contributed by atoms with Crippen LogP contribution in [0.3, 0.4) is 0 Å². The lowest BCUT2D eigenvalue weighted by Crippen LogP contribution is -2.47. The van der Waals surface area contributed by atoms with Gasteiger partial charge in [-0.2, -0.15) is 0 Å². The maximum Gasteiger partial charge on any atom is 0.367 e. The molecule has 0 aromatic heterocycles. The van der Waals surface area contributed by atoms with Crippen LogP contribution in [0.15, 0.2) is 12.2 Å². The highest BCUT2D eigenvalue weighted by atomic mass is 32.2. The zero-order valence-corrected chi connectivity index (χ0v) is 16.9. The normalized spacial score (nSPS) is 24.3. The number of ether oxygens (including phenoxy) is 1. The zero-order valence-electron chi connectivity index (χ0n) is 16.1. The maximum atomic E-state index is 12.6. The molecular formula is C19H33NO4S. The third kappa shape index (κ3) is 8.88. The van der Waals surface area contributed by atoms with Crippen LogP contribution in [0.2, 0.25) is 0 Å². The second-order valence-corrected chi connectivity index (χ2v) is 8.90. The molecule has 0 spiro atoms. The summed E-state index contributed by atoms with van der Waals surface area (Å²) in [4.78, 5) is 24.7. The smallest absolute Gasteiger partial charge is 0.367 e. The minimum Gasteiger partial charge on any atom is -0.450 e. The van der Waals surface area contributed by atoms with E-state index in [-0.39, 0.29) is 35.4 Å². The Morgan fingerprint density at radius 1 is 1.28 bits per heavy atom. The minimum absolute atomic E-state index is 0.0930. The Morgan fingerprint density at radius 2 is 1.96 bits per heavy atom. The van der Waals surface area contributed by atoms with Crippen LogP contribution < -0.4 is 5.32 Å². The number of nitrogens with one attached hydrogen (secondary N) is 1. The number of carbonyl (C=O) groups excluding carboxylic acids is 2. The van der Waals surface area contributed by atoms with E-state index in [1.165, 1.54) is 0 Å². The first-order chi connectivity index (χ1) is 11.6. The minimum atomic E-state index is -0.463. The van der Waals surface area contributed by atoms with E-state index in [4.69, 9.17) is 4.74 Å². The van der Waals surface area contributed by atoms with Gasteiger partial charge < -0.3 is 15.2 Å². The summed E-state index contributed by atoms with van der Waals surface area (Å²) in [5.41, 5.74) is -0.463. The van der Waals surface area contributed by atoms with Crippen molar-refractivity contribution >= 4 is 22.8 Å². The van der Waals surface area contributed by atoms with Crippen molar-refractivity contribution < 1.29 is 19.4 Å². The number of hydrogen-bond donors (Lipinski definition) is 2. The molecule has 0 aliphatic heterocycles. The van der Waals surface area contributed by atoms with Gasteiger partial charge in [0, 0.05) is 17.2 Å². The maximum absolute atomic E-state index is 12.6. The molecule has 144 valence electrons. The number of ketones is 1. The standard InChI is InChI=1S/C19H33NO4S/c1-13(2)20-16(17(22)19(3,4)5)12-25-18(23)24-15-9-7-6-8-14(21)10-11-15/h7,9,13-16,20-21H,6,8,10-12H2,1-5H3/b9-7+/t14-,15-,16-/m1/s1. The lowest BCUT2D eigenvalue weighted by molar-refractivity contribution is -0.128. The van der Waals surface area contributed by atoms with Crippen LogP contribution in [0.25, 0.3) is 0 Å². The molecule has 0 bridgehead atoms. The van der Waals surface area contributed by atoms with E-state index < -0.39 is 5.41 Å². The van der Waals surface area contributed by atoms with E-state index in [1.807, 2.05) is 46.8 Å². The van der Waals surface area contributed by atoms with Crippen molar-refractivity contribution in [1.29, 1.82) is 0 Å². The molecule has 0 unspecified atom stereocenters. The van der Waals surface area contributed by atoms with Gasteiger partial charge in [-0.25, -0.2) is 4.79 Å². The van der Waals surface area contributed by atoms with E-state index >= 15 is 0 Å². The molecule has 0 heterocycles. The molecule has 1 rings (SSSR count). The fourth-order valence-corrected chi connectivity index (χ4v) is 3.41. The predicted octanol–water partition coefficient (Wildman–Crippen LogP) is 3.70. The third-order valence-corrected chi connectivity index (χ3v) is 4.84. The van der Waals surface area contributed by atoms with Crippen LogP contribution in [0.1, 0.15) is 60.3 Å². The molecule has 1 aliphatic carbocycles. The Balaban J connectivity index is 2.55. The molecule has 0 saturated carbocycles. The number of aliphatic hydroxyl groups excluding tert-OH is 1. The van der Waals surface area contributed by atoms with Gasteiger partial charge in [-0.15, -0.1) is 0 Å². The van der Waals surface area contributed by atoms with Gasteiger partial charge in [0.15, 0.2) is 5.78 Å². The van der Waals surface area contributed by atoms with Crippen molar-refractivity contribution in [2.45, 2.75) is 84.6 Å². The monoisotopic (exact) mass is 371 g/mol. The quantitative estimate of drug-likeness (QED) is 0.548. The predicted molar refractivity (Wildman–Crippen MR) is 103 cm³/mol. The Hall–Kier alpha value is -0.850. The molecule has 6 heteroatoms. The number of thioether (sulfide) groups is 1. The molecule has 0 fully saturated rings. The topological polar surface area (TPSA) is 75.6 Å². The summed E-state index contributed by atoms with van der Waals surface area (Å²) in [6.45, 7) is 9.63. The van der Waals surface area contributed by atoms with Crippen LogP contribution in [0.5, 0.6) is 0 Å². The van der Waals surface area contributed by atoms with E-state index in [2.05, 4.69) is 5.32 Å². The molecule has 0 saturated heterocycles. The van der Waals surface area contributed by atoms with Crippen LogP contribution in [-0.2, 0) is 9.53 Å². The van der Waals surface area contributed by atoms with Gasteiger partial charge in [-0.05, 0) is 43.5 Å². The third-order valence-electron chi connectivity index (χ3n) is 4.01. The average molecular weight is 372 g/mol. The molecule has 0 aromatic rings. The lowest BCUT2D eigenvalue weighted by atomic mass is 9.87. The van der Waals surface area contributed by atoms with Gasteiger partial charge >= 0.3 is 5.30 Å². The van der Waals surface area contributed by atoms with Crippen LogP contribution in [-0.4, -0.2) is 46.2 Å². The fourth-order valence-electron chi connectivity index (χ4n) is 2.67. The molecule has 3 atom stereocenters. The van der Waals surface area contributed by atoms with Gasteiger partial charge in [0.1, 0.15) is 6.10 Å². The summed E-state index contributed by atoms with van der Waals surface area (Å²) in [6.07, 6.45) is 6.02. The summed E-state index contributed by atoms with van der Waals surface area (Å²) < 4.78 is 5.48. The Kier molecular flexibility index (Phi) is 9.17. The van der Waals surface area contributed by atoms with Gasteiger partial charge in [0.2, 0.25) is 0 Å². The second-order valence-electron chi connectivity index (χ2n) is 7.94. The summed E-state index contributed by atoms with van der Waals surface area (Å²) in [5, 5.41) is 12.6. The number of hydrogen-bond acceptors (Lipinski definition) is 6. The van der Waals surface area contributed by atoms with E-state index in [1.54, 1.807) is 0 Å². The molecule has 0 aromatic carbocycles. The fraction of sp³-hybridized carbons (Fsp3) is 0.789. The summed E-state index contributed by atoms with van der Waals surface area (Å²) in [6, 6.07) is -0.227. The first-order valence-corrected chi connectivity index (χ1v) is 10.1.